The quantitative estimate of drug-likeness (QED) is 0.852. The average Bonchev–Trinajstić information content (AvgIpc) is 2.90. The van der Waals surface area contributed by atoms with Crippen molar-refractivity contribution < 1.29 is 4.74 Å². The lowest BCUT2D eigenvalue weighted by atomic mass is 9.83. The van der Waals surface area contributed by atoms with E-state index < -0.39 is 0 Å². The largest absolute Gasteiger partial charge is 0.381 e. The third-order valence-electron chi connectivity index (χ3n) is 5.99. The highest BCUT2D eigenvalue weighted by molar-refractivity contribution is 5.11. The van der Waals surface area contributed by atoms with Gasteiger partial charge in [0.05, 0.1) is 6.10 Å². The minimum atomic E-state index is 0.448. The van der Waals surface area contributed by atoms with Gasteiger partial charge in [-0.05, 0) is 37.0 Å². The fourth-order valence-corrected chi connectivity index (χ4v) is 4.61. The van der Waals surface area contributed by atoms with Crippen LogP contribution in [0.15, 0.2) is 24.5 Å². The zero-order chi connectivity index (χ0) is 14.9. The normalized spacial score (nSPS) is 33.6. The van der Waals surface area contributed by atoms with E-state index in [-0.39, 0.29) is 0 Å². The first kappa shape index (κ1) is 14.6. The first-order chi connectivity index (χ1) is 10.8. The van der Waals surface area contributed by atoms with Crippen LogP contribution in [0.2, 0.25) is 0 Å². The zero-order valence-corrected chi connectivity index (χ0v) is 13.5. The molecule has 0 aromatic carbocycles. The van der Waals surface area contributed by atoms with E-state index in [9.17, 15) is 0 Å². The summed E-state index contributed by atoms with van der Waals surface area (Å²) < 4.78 is 5.82. The second-order valence-corrected chi connectivity index (χ2v) is 7.17. The predicted octanol–water partition coefficient (Wildman–Crippen LogP) is 2.16. The van der Waals surface area contributed by atoms with Crippen molar-refractivity contribution in [2.24, 2.45) is 5.92 Å². The maximum atomic E-state index is 5.82. The molecular formula is C18H27N3O. The van der Waals surface area contributed by atoms with Crippen molar-refractivity contribution in [3.8, 4) is 0 Å². The number of nitrogens with zero attached hydrogens (tertiary/aromatic N) is 3. The van der Waals surface area contributed by atoms with Gasteiger partial charge in [-0.2, -0.15) is 0 Å². The van der Waals surface area contributed by atoms with E-state index in [1.807, 2.05) is 19.5 Å². The van der Waals surface area contributed by atoms with E-state index in [0.717, 1.165) is 12.6 Å². The summed E-state index contributed by atoms with van der Waals surface area (Å²) >= 11 is 0. The van der Waals surface area contributed by atoms with Crippen molar-refractivity contribution >= 4 is 0 Å². The molecule has 2 aliphatic heterocycles. The molecule has 1 aliphatic carbocycles. The van der Waals surface area contributed by atoms with Crippen LogP contribution in [0.3, 0.4) is 0 Å². The highest BCUT2D eigenvalue weighted by Gasteiger charge is 2.46. The number of piperidine rings is 1. The Hall–Kier alpha value is -0.970. The molecular weight excluding hydrogens is 274 g/mol. The molecule has 1 aromatic heterocycles. The third-order valence-corrected chi connectivity index (χ3v) is 5.99. The molecule has 0 N–H and O–H groups in total. The van der Waals surface area contributed by atoms with Gasteiger partial charge in [0.2, 0.25) is 0 Å². The molecule has 0 amide bonds. The van der Waals surface area contributed by atoms with Crippen LogP contribution in [0, 0.1) is 5.92 Å². The molecule has 4 rings (SSSR count). The van der Waals surface area contributed by atoms with Crippen LogP contribution in [-0.4, -0.2) is 59.7 Å². The van der Waals surface area contributed by atoms with Crippen LogP contribution in [0.1, 0.15) is 31.2 Å². The van der Waals surface area contributed by atoms with Gasteiger partial charge in [-0.3, -0.25) is 14.8 Å². The molecule has 22 heavy (non-hydrogen) atoms. The molecule has 4 nitrogen and oxygen atoms in total. The van der Waals surface area contributed by atoms with Gasteiger partial charge in [-0.15, -0.1) is 0 Å². The topological polar surface area (TPSA) is 28.6 Å². The number of methoxy groups -OCH3 is 1. The van der Waals surface area contributed by atoms with Gasteiger partial charge in [0.15, 0.2) is 0 Å². The van der Waals surface area contributed by atoms with Crippen LogP contribution in [-0.2, 0) is 11.3 Å². The first-order valence-electron chi connectivity index (χ1n) is 8.75. The molecule has 2 saturated heterocycles. The molecule has 0 spiro atoms. The maximum absolute atomic E-state index is 5.82. The number of likely N-dealkylation sites (tertiary alicyclic amines) is 2. The molecule has 0 radical (unpaired) electrons. The fraction of sp³-hybridized carbons (Fsp3) is 0.722. The summed E-state index contributed by atoms with van der Waals surface area (Å²) in [7, 11) is 1.90. The van der Waals surface area contributed by atoms with Crippen LogP contribution in [0.25, 0.3) is 0 Å². The van der Waals surface area contributed by atoms with Crippen molar-refractivity contribution in [1.82, 2.24) is 14.8 Å². The van der Waals surface area contributed by atoms with E-state index in [1.54, 1.807) is 0 Å². The van der Waals surface area contributed by atoms with Gasteiger partial charge in [0.25, 0.3) is 0 Å². The van der Waals surface area contributed by atoms with Crippen molar-refractivity contribution in [2.75, 3.05) is 26.7 Å². The van der Waals surface area contributed by atoms with Crippen LogP contribution < -0.4 is 0 Å². The number of ether oxygens (including phenoxy) is 1. The molecule has 0 unspecified atom stereocenters. The highest BCUT2D eigenvalue weighted by atomic mass is 16.5. The summed E-state index contributed by atoms with van der Waals surface area (Å²) in [4.78, 5) is 9.56. The monoisotopic (exact) mass is 301 g/mol. The van der Waals surface area contributed by atoms with Crippen LogP contribution in [0.4, 0.5) is 0 Å². The van der Waals surface area contributed by atoms with E-state index in [0.29, 0.717) is 18.1 Å². The Kier molecular flexibility index (Phi) is 4.16. The summed E-state index contributed by atoms with van der Waals surface area (Å²) in [6, 6.07) is 5.83. The second-order valence-electron chi connectivity index (χ2n) is 7.17. The molecule has 3 fully saturated rings. The zero-order valence-electron chi connectivity index (χ0n) is 13.5. The number of pyridine rings is 1. The summed E-state index contributed by atoms with van der Waals surface area (Å²) in [5, 5.41) is 0. The minimum Gasteiger partial charge on any atom is -0.381 e. The third kappa shape index (κ3) is 2.68. The number of hydrogen-bond acceptors (Lipinski definition) is 4. The Morgan fingerprint density at radius 3 is 2.68 bits per heavy atom. The lowest BCUT2D eigenvalue weighted by Gasteiger charge is -2.48. The highest BCUT2D eigenvalue weighted by Crippen LogP contribution is 2.38. The molecule has 1 saturated carbocycles. The maximum Gasteiger partial charge on any atom is 0.0639 e. The van der Waals surface area contributed by atoms with E-state index >= 15 is 0 Å². The molecule has 120 valence electrons. The molecule has 1 aromatic rings. The van der Waals surface area contributed by atoms with Crippen LogP contribution >= 0.6 is 0 Å². The van der Waals surface area contributed by atoms with Crippen molar-refractivity contribution in [3.05, 3.63) is 30.1 Å². The van der Waals surface area contributed by atoms with Gasteiger partial charge >= 0.3 is 0 Å². The Balaban J connectivity index is 1.47. The average molecular weight is 301 g/mol. The lowest BCUT2D eigenvalue weighted by molar-refractivity contribution is -0.0485. The Morgan fingerprint density at radius 1 is 1.18 bits per heavy atom. The molecule has 3 atom stereocenters. The van der Waals surface area contributed by atoms with Crippen LogP contribution in [0.5, 0.6) is 0 Å². The summed E-state index contributed by atoms with van der Waals surface area (Å²) in [6.45, 7) is 4.65. The van der Waals surface area contributed by atoms with E-state index in [1.165, 1.54) is 50.9 Å². The first-order valence-corrected chi connectivity index (χ1v) is 8.75. The Labute approximate surface area is 133 Å². The number of fused-ring (bicyclic) bond motifs is 1. The van der Waals surface area contributed by atoms with E-state index in [4.69, 9.17) is 4.74 Å². The number of rotatable bonds is 4. The fourth-order valence-electron chi connectivity index (χ4n) is 4.61. The smallest absolute Gasteiger partial charge is 0.0639 e. The molecule has 4 heteroatoms. The van der Waals surface area contributed by atoms with Gasteiger partial charge in [-0.25, -0.2) is 0 Å². The summed E-state index contributed by atoms with van der Waals surface area (Å²) in [6.07, 6.45) is 9.69. The lowest BCUT2D eigenvalue weighted by Crippen LogP contribution is -2.56. The molecule has 0 bridgehead atoms. The second kappa shape index (κ2) is 6.26. The number of hydrogen-bond donors (Lipinski definition) is 0. The van der Waals surface area contributed by atoms with Gasteiger partial charge in [-0.1, -0.05) is 6.42 Å². The molecule has 3 aliphatic rings. The van der Waals surface area contributed by atoms with Crippen molar-refractivity contribution in [3.63, 3.8) is 0 Å². The molecule has 3 heterocycles. The van der Waals surface area contributed by atoms with Gasteiger partial charge < -0.3 is 4.74 Å². The predicted molar refractivity (Wildman–Crippen MR) is 86.6 cm³/mol. The van der Waals surface area contributed by atoms with Crippen molar-refractivity contribution in [1.29, 1.82) is 0 Å². The summed E-state index contributed by atoms with van der Waals surface area (Å²) in [5.74, 6) is 0.682. The van der Waals surface area contributed by atoms with E-state index in [2.05, 4.69) is 26.9 Å². The van der Waals surface area contributed by atoms with Crippen molar-refractivity contribution in [2.45, 2.75) is 50.4 Å². The number of aromatic nitrogens is 1. The SMILES string of the molecule is CO[C@H]1CCN(C2CCC2)[C@@H]2CN(Cc3ccncc3)C[C@H]12. The Morgan fingerprint density at radius 2 is 2.00 bits per heavy atom. The van der Waals surface area contributed by atoms with Gasteiger partial charge in [0.1, 0.15) is 0 Å². The standard InChI is InChI=1S/C18H27N3O/c1-22-18-7-10-21(15-3-2-4-15)17-13-20(12-16(17)18)11-14-5-8-19-9-6-14/h5-6,8-9,15-18H,2-4,7,10-13H2,1H3/t16-,17+,18-/m0/s1. The Bertz CT molecular complexity index is 490. The summed E-state index contributed by atoms with van der Waals surface area (Å²) in [5.41, 5.74) is 1.37. The van der Waals surface area contributed by atoms with Gasteiger partial charge in [0, 0.05) is 63.7 Å². The minimum absolute atomic E-state index is 0.448.